The second-order valence-corrected chi connectivity index (χ2v) is 14.7. The second kappa shape index (κ2) is 14.4. The molecule has 0 spiro atoms. The molecule has 0 aliphatic rings. The Hall–Kier alpha value is -4.41. The van der Waals surface area contributed by atoms with Crippen LogP contribution in [0, 0.1) is 45.2 Å². The summed E-state index contributed by atoms with van der Waals surface area (Å²) in [5.74, 6) is 0. The molecule has 253 valence electrons. The van der Waals surface area contributed by atoms with Crippen LogP contribution < -0.4 is 0 Å². The van der Waals surface area contributed by atoms with Gasteiger partial charge in [-0.1, -0.05) is 81.1 Å². The van der Waals surface area contributed by atoms with Gasteiger partial charge in [-0.3, -0.25) is 0 Å². The van der Waals surface area contributed by atoms with E-state index in [-0.39, 0.29) is 20.1 Å². The van der Waals surface area contributed by atoms with Crippen LogP contribution in [-0.2, 0) is 26.5 Å². The van der Waals surface area contributed by atoms with Gasteiger partial charge < -0.3 is 14.4 Å². The number of aryl methyl sites for hydroxylation is 4. The fourth-order valence-corrected chi connectivity index (χ4v) is 7.05. The van der Waals surface area contributed by atoms with Crippen LogP contribution in [0.4, 0.5) is 0 Å². The maximum absolute atomic E-state index is 9.24. The Morgan fingerprint density at radius 3 is 2.20 bits per heavy atom. The van der Waals surface area contributed by atoms with E-state index < -0.39 is 11.8 Å². The molecule has 5 heteroatoms. The Balaban J connectivity index is 0.000000260. The topological polar surface area (TPSA) is 38.9 Å². The van der Waals surface area contributed by atoms with Crippen LogP contribution in [0.5, 0.6) is 0 Å². The number of rotatable bonds is 4. The van der Waals surface area contributed by atoms with Crippen molar-refractivity contribution in [3.05, 3.63) is 143 Å². The zero-order chi connectivity index (χ0) is 36.1. The van der Waals surface area contributed by atoms with E-state index in [1.54, 1.807) is 11.3 Å². The third kappa shape index (κ3) is 7.23. The van der Waals surface area contributed by atoms with Crippen molar-refractivity contribution in [3.8, 4) is 33.6 Å². The van der Waals surface area contributed by atoms with Crippen LogP contribution in [0.1, 0.15) is 51.3 Å². The average molecular weight is 851 g/mol. The molecule has 8 rings (SSSR count). The van der Waals surface area contributed by atoms with E-state index in [9.17, 15) is 2.74 Å². The summed E-state index contributed by atoms with van der Waals surface area (Å²) in [4.78, 5) is 9.23. The molecule has 4 heterocycles. The summed E-state index contributed by atoms with van der Waals surface area (Å²) < 4.78 is 26.2. The van der Waals surface area contributed by atoms with Gasteiger partial charge in [-0.05, 0) is 89.3 Å². The van der Waals surface area contributed by atoms with Crippen LogP contribution >= 0.6 is 11.3 Å². The van der Waals surface area contributed by atoms with Crippen molar-refractivity contribution in [1.82, 2.24) is 9.97 Å². The van der Waals surface area contributed by atoms with Crippen LogP contribution in [-0.4, -0.2) is 9.97 Å². The first-order valence-electron chi connectivity index (χ1n) is 17.6. The fraction of sp³-hybridized carbons (Fsp3) is 0.200. The molecular weight excluding hydrogens is 809 g/mol. The van der Waals surface area contributed by atoms with E-state index in [2.05, 4.69) is 85.7 Å². The van der Waals surface area contributed by atoms with Gasteiger partial charge in [0.2, 0.25) is 0 Å². The number of hydrogen-bond donors (Lipinski definition) is 0. The second-order valence-electron chi connectivity index (χ2n) is 13.7. The minimum absolute atomic E-state index is 0. The predicted molar refractivity (Wildman–Crippen MR) is 207 cm³/mol. The van der Waals surface area contributed by atoms with Crippen LogP contribution in [0.3, 0.4) is 0 Å². The fourth-order valence-electron chi connectivity index (χ4n) is 6.26. The van der Waals surface area contributed by atoms with Crippen LogP contribution in [0.15, 0.2) is 107 Å². The van der Waals surface area contributed by atoms with Crippen LogP contribution in [0.25, 0.3) is 65.7 Å². The zero-order valence-corrected chi connectivity index (χ0v) is 32.6. The zero-order valence-electron chi connectivity index (χ0n) is 31.4. The molecule has 50 heavy (non-hydrogen) atoms. The molecule has 0 aliphatic carbocycles. The molecule has 3 nitrogen and oxygen atoms in total. The van der Waals surface area contributed by atoms with Crippen molar-refractivity contribution in [2.24, 2.45) is 5.41 Å². The number of pyridine rings is 2. The Kier molecular flexibility index (Phi) is 9.47. The van der Waals surface area contributed by atoms with Gasteiger partial charge in [-0.2, -0.15) is 0 Å². The summed E-state index contributed by atoms with van der Waals surface area (Å²) in [5, 5.41) is 5.26. The first-order valence-corrected chi connectivity index (χ1v) is 17.4. The maximum atomic E-state index is 9.24. The van der Waals surface area contributed by atoms with E-state index in [0.717, 1.165) is 66.4 Å². The minimum atomic E-state index is -1.61. The molecule has 1 radical (unpaired) electrons. The normalized spacial score (nSPS) is 12.3. The SMILES string of the molecule is Cc1c[c-]c(-c2ccc(C)cn2)cc1.[2H]C([2H])(c1cc(-c2[c-]ccc3c2oc2c4ccsc4ccc32)ncc1-c1c(C)cccc1C)C(C)(C)C.[Ir]. The number of nitrogens with zero attached hydrogens (tertiary/aromatic N) is 2. The summed E-state index contributed by atoms with van der Waals surface area (Å²) >= 11 is 1.70. The minimum Gasteiger partial charge on any atom is -0.500 e. The molecule has 0 N–H and O–H groups in total. The summed E-state index contributed by atoms with van der Waals surface area (Å²) in [6, 6.07) is 35.1. The van der Waals surface area contributed by atoms with E-state index >= 15 is 0 Å². The molecule has 0 saturated heterocycles. The van der Waals surface area contributed by atoms with Crippen LogP contribution in [0.2, 0.25) is 0 Å². The maximum Gasteiger partial charge on any atom is 0.129 e. The van der Waals surface area contributed by atoms with Gasteiger partial charge in [0.1, 0.15) is 5.58 Å². The van der Waals surface area contributed by atoms with E-state index in [0.29, 0.717) is 11.3 Å². The van der Waals surface area contributed by atoms with Crippen molar-refractivity contribution in [1.29, 1.82) is 0 Å². The first kappa shape index (κ1) is 32.8. The molecule has 4 aromatic heterocycles. The molecule has 8 aromatic rings. The molecular formula is C45H40IrN2OS-2. The van der Waals surface area contributed by atoms with Crippen molar-refractivity contribution in [2.45, 2.75) is 54.8 Å². The summed E-state index contributed by atoms with van der Waals surface area (Å²) in [5.41, 5.74) is 11.5. The van der Waals surface area contributed by atoms with Gasteiger partial charge in [-0.25, -0.2) is 0 Å². The van der Waals surface area contributed by atoms with Gasteiger partial charge in [0.05, 0.1) is 5.58 Å². The quantitative estimate of drug-likeness (QED) is 0.166. The number of aromatic nitrogens is 2. The molecule has 4 aromatic carbocycles. The van der Waals surface area contributed by atoms with Gasteiger partial charge in [0.15, 0.2) is 0 Å². The Morgan fingerprint density at radius 2 is 1.50 bits per heavy atom. The predicted octanol–water partition coefficient (Wildman–Crippen LogP) is 12.7. The molecule has 0 bridgehead atoms. The number of thiophene rings is 1. The summed E-state index contributed by atoms with van der Waals surface area (Å²) in [7, 11) is 0. The standard InChI is InChI=1S/C32H28NOS.C13H12N.Ir/c1-19-8-6-9-20(2)29(19)26-18-33-27(16-21(26)17-32(3,4)5)24-11-7-10-22-23-12-13-28-25(14-15-35-28)31(23)34-30(22)24;1-10-3-6-12(7-4-10)13-8-5-11(2)9-14-13;/h6-10,12-16,18H,17H2,1-5H3;3-6,8-9H,1-2H3;/q2*-1;/i17D2;;. The number of hydrogen-bond acceptors (Lipinski definition) is 4. The number of fused-ring (bicyclic) bond motifs is 5. The third-order valence-corrected chi connectivity index (χ3v) is 9.49. The van der Waals surface area contributed by atoms with Gasteiger partial charge >= 0.3 is 0 Å². The van der Waals surface area contributed by atoms with Crippen molar-refractivity contribution in [2.75, 3.05) is 0 Å². The molecule has 0 saturated carbocycles. The Labute approximate surface area is 315 Å². The summed E-state index contributed by atoms with van der Waals surface area (Å²) in [6.45, 7) is 14.1. The van der Waals surface area contributed by atoms with Crippen molar-refractivity contribution >= 4 is 43.4 Å². The van der Waals surface area contributed by atoms with Gasteiger partial charge in [-0.15, -0.1) is 64.9 Å². The van der Waals surface area contributed by atoms with E-state index in [4.69, 9.17) is 9.40 Å². The molecule has 0 unspecified atom stereocenters. The molecule has 0 aliphatic heterocycles. The van der Waals surface area contributed by atoms with Crippen molar-refractivity contribution in [3.63, 3.8) is 0 Å². The number of furan rings is 1. The van der Waals surface area contributed by atoms with Crippen molar-refractivity contribution < 1.29 is 27.3 Å². The average Bonchev–Trinajstić information content (AvgIpc) is 3.74. The van der Waals surface area contributed by atoms with Gasteiger partial charge in [0.25, 0.3) is 0 Å². The monoisotopic (exact) mass is 851 g/mol. The Bertz CT molecular complexity index is 2460. The van der Waals surface area contributed by atoms with E-state index in [1.807, 2.05) is 82.6 Å². The van der Waals surface area contributed by atoms with Gasteiger partial charge in [0, 0.05) is 56.3 Å². The Morgan fingerprint density at radius 1 is 0.760 bits per heavy atom. The summed E-state index contributed by atoms with van der Waals surface area (Å²) in [6.07, 6.45) is 2.10. The number of benzene rings is 4. The molecule has 0 fully saturated rings. The smallest absolute Gasteiger partial charge is 0.129 e. The largest absolute Gasteiger partial charge is 0.500 e. The molecule has 0 amide bonds. The third-order valence-electron chi connectivity index (χ3n) is 8.61. The molecule has 0 atom stereocenters. The van der Waals surface area contributed by atoms with E-state index in [1.165, 1.54) is 15.8 Å². The first-order chi connectivity index (χ1) is 24.3.